The van der Waals surface area contributed by atoms with Crippen LogP contribution in [0.1, 0.15) is 20.8 Å². The maximum atomic E-state index is 13.2. The van der Waals surface area contributed by atoms with Gasteiger partial charge in [0.15, 0.2) is 5.13 Å². The molecule has 0 aliphatic rings. The third-order valence-electron chi connectivity index (χ3n) is 5.65. The van der Waals surface area contributed by atoms with Crippen molar-refractivity contribution in [3.05, 3.63) is 69.9 Å². The zero-order valence-electron chi connectivity index (χ0n) is 19.3. The van der Waals surface area contributed by atoms with Gasteiger partial charge in [-0.3, -0.25) is 10.1 Å². The molecule has 3 aromatic heterocycles. The number of thiophene rings is 1. The average molecular weight is 513 g/mol. The van der Waals surface area contributed by atoms with Gasteiger partial charge in [0.1, 0.15) is 32.9 Å². The van der Waals surface area contributed by atoms with E-state index in [-0.39, 0.29) is 21.9 Å². The lowest BCUT2D eigenvalue weighted by Gasteiger charge is -2.10. The second-order valence-electron chi connectivity index (χ2n) is 7.97. The number of rotatable bonds is 5. The van der Waals surface area contributed by atoms with E-state index in [9.17, 15) is 10.1 Å². The molecule has 0 bridgehead atoms. The highest BCUT2D eigenvalue weighted by Crippen LogP contribution is 2.43. The zero-order chi connectivity index (χ0) is 25.4. The van der Waals surface area contributed by atoms with E-state index >= 15 is 0 Å². The minimum absolute atomic E-state index is 0.0941. The summed E-state index contributed by atoms with van der Waals surface area (Å²) < 4.78 is 5.28. The number of nitrogen functional groups attached to an aromatic ring is 2. The molecule has 10 heteroatoms. The summed E-state index contributed by atoms with van der Waals surface area (Å²) in [7, 11) is 1.60. The molecule has 5 N–H and O–H groups in total. The molecule has 5 aromatic rings. The van der Waals surface area contributed by atoms with Gasteiger partial charge in [-0.15, -0.1) is 22.7 Å². The Labute approximate surface area is 214 Å². The second kappa shape index (κ2) is 9.30. The molecule has 0 fully saturated rings. The summed E-state index contributed by atoms with van der Waals surface area (Å²) in [6.45, 7) is 1.98. The Bertz CT molecular complexity index is 1660. The molecule has 1 amide bonds. The van der Waals surface area contributed by atoms with Crippen LogP contribution in [0, 0.1) is 18.3 Å². The lowest BCUT2D eigenvalue weighted by Crippen LogP contribution is -2.11. The van der Waals surface area contributed by atoms with Gasteiger partial charge in [0.05, 0.1) is 18.5 Å². The first-order valence-corrected chi connectivity index (χ1v) is 12.5. The third kappa shape index (κ3) is 4.11. The van der Waals surface area contributed by atoms with E-state index in [2.05, 4.69) is 21.4 Å². The van der Waals surface area contributed by atoms with Gasteiger partial charge in [-0.1, -0.05) is 42.0 Å². The summed E-state index contributed by atoms with van der Waals surface area (Å²) in [5.74, 6) is 0.405. The van der Waals surface area contributed by atoms with E-state index in [1.165, 1.54) is 11.3 Å². The van der Waals surface area contributed by atoms with Crippen LogP contribution in [0.25, 0.3) is 32.6 Å². The Balaban J connectivity index is 1.53. The second-order valence-corrected chi connectivity index (χ2v) is 9.83. The first-order valence-electron chi connectivity index (χ1n) is 10.8. The molecule has 0 spiro atoms. The van der Waals surface area contributed by atoms with Crippen molar-refractivity contribution in [3.8, 4) is 34.2 Å². The van der Waals surface area contributed by atoms with Crippen LogP contribution in [0.2, 0.25) is 0 Å². The standard InChI is InChI=1S/C26H20N6O2S2/c1-13-6-8-14(9-7-13)19-17(11-27)23(29)31-25-20(19)21(28)22(36-25)24(33)32-26-30-18(12-35-26)15-4-3-5-16(10-15)34-2/h3-10,12H,28H2,1-2H3,(H2,29,31)(H,30,32,33). The number of amides is 1. The van der Waals surface area contributed by atoms with Crippen molar-refractivity contribution in [1.82, 2.24) is 9.97 Å². The quantitative estimate of drug-likeness (QED) is 0.275. The molecule has 178 valence electrons. The van der Waals surface area contributed by atoms with E-state index in [0.29, 0.717) is 26.6 Å². The highest BCUT2D eigenvalue weighted by Gasteiger charge is 2.24. The van der Waals surface area contributed by atoms with Crippen LogP contribution >= 0.6 is 22.7 Å². The number of ether oxygens (including phenoxy) is 1. The van der Waals surface area contributed by atoms with Gasteiger partial charge in [-0.25, -0.2) is 9.97 Å². The summed E-state index contributed by atoms with van der Waals surface area (Å²) in [5, 5.41) is 15.5. The number of nitriles is 1. The molecule has 3 heterocycles. The summed E-state index contributed by atoms with van der Waals surface area (Å²) in [5.41, 5.74) is 17.1. The number of nitrogens with one attached hydrogen (secondary N) is 1. The van der Waals surface area contributed by atoms with Crippen molar-refractivity contribution in [2.75, 3.05) is 23.9 Å². The van der Waals surface area contributed by atoms with Crippen molar-refractivity contribution >= 4 is 55.4 Å². The molecule has 36 heavy (non-hydrogen) atoms. The predicted octanol–water partition coefficient (Wildman–Crippen LogP) is 5.69. The van der Waals surface area contributed by atoms with E-state index in [4.69, 9.17) is 16.2 Å². The molecule has 0 saturated carbocycles. The van der Waals surface area contributed by atoms with Crippen LogP contribution in [0.4, 0.5) is 16.6 Å². The fourth-order valence-corrected chi connectivity index (χ4v) is 5.58. The van der Waals surface area contributed by atoms with Gasteiger partial charge in [-0.2, -0.15) is 5.26 Å². The SMILES string of the molecule is COc1cccc(-c2csc(NC(=O)c3sc4nc(N)c(C#N)c(-c5ccc(C)cc5)c4c3N)n2)c1. The van der Waals surface area contributed by atoms with Crippen LogP contribution in [0.15, 0.2) is 53.9 Å². The minimum Gasteiger partial charge on any atom is -0.497 e. The highest BCUT2D eigenvalue weighted by atomic mass is 32.1. The number of hydrogen-bond acceptors (Lipinski definition) is 9. The third-order valence-corrected chi connectivity index (χ3v) is 7.51. The number of hydrogen-bond donors (Lipinski definition) is 3. The van der Waals surface area contributed by atoms with Crippen molar-refractivity contribution in [1.29, 1.82) is 5.26 Å². The van der Waals surface area contributed by atoms with Crippen molar-refractivity contribution in [3.63, 3.8) is 0 Å². The highest BCUT2D eigenvalue weighted by molar-refractivity contribution is 7.21. The summed E-state index contributed by atoms with van der Waals surface area (Å²) in [6, 6.07) is 17.4. The van der Waals surface area contributed by atoms with E-state index in [1.54, 1.807) is 7.11 Å². The summed E-state index contributed by atoms with van der Waals surface area (Å²) in [6.07, 6.45) is 0. The molecule has 0 atom stereocenters. The minimum atomic E-state index is -0.408. The molecule has 2 aromatic carbocycles. The fraction of sp³-hybridized carbons (Fsp3) is 0.0769. The maximum Gasteiger partial charge on any atom is 0.269 e. The number of carbonyl (C=O) groups is 1. The normalized spacial score (nSPS) is 10.8. The molecule has 0 aliphatic heterocycles. The number of methoxy groups -OCH3 is 1. The van der Waals surface area contributed by atoms with E-state index in [1.807, 2.05) is 60.8 Å². The van der Waals surface area contributed by atoms with E-state index < -0.39 is 5.91 Å². The molecular formula is C26H20N6O2S2. The van der Waals surface area contributed by atoms with Crippen LogP contribution in [0.5, 0.6) is 5.75 Å². The van der Waals surface area contributed by atoms with Gasteiger partial charge in [0, 0.05) is 21.9 Å². The van der Waals surface area contributed by atoms with Gasteiger partial charge >= 0.3 is 0 Å². The number of benzene rings is 2. The van der Waals surface area contributed by atoms with Crippen LogP contribution in [0.3, 0.4) is 0 Å². The summed E-state index contributed by atoms with van der Waals surface area (Å²) in [4.78, 5) is 22.9. The molecular weight excluding hydrogens is 492 g/mol. The fourth-order valence-electron chi connectivity index (χ4n) is 3.86. The number of aryl methyl sites for hydroxylation is 1. The predicted molar refractivity (Wildman–Crippen MR) is 145 cm³/mol. The number of pyridine rings is 1. The van der Waals surface area contributed by atoms with Gasteiger partial charge in [0.2, 0.25) is 0 Å². The maximum absolute atomic E-state index is 13.2. The lowest BCUT2D eigenvalue weighted by atomic mass is 9.96. The number of fused-ring (bicyclic) bond motifs is 1. The van der Waals surface area contributed by atoms with Crippen LogP contribution in [-0.2, 0) is 0 Å². The summed E-state index contributed by atoms with van der Waals surface area (Å²) >= 11 is 2.43. The molecule has 5 rings (SSSR count). The number of nitrogens with zero attached hydrogens (tertiary/aromatic N) is 3. The van der Waals surface area contributed by atoms with Gasteiger partial charge < -0.3 is 16.2 Å². The smallest absolute Gasteiger partial charge is 0.269 e. The Morgan fingerprint density at radius 2 is 1.89 bits per heavy atom. The van der Waals surface area contributed by atoms with Crippen molar-refractivity contribution < 1.29 is 9.53 Å². The monoisotopic (exact) mass is 512 g/mol. The van der Waals surface area contributed by atoms with Crippen LogP contribution < -0.4 is 21.5 Å². The number of anilines is 3. The van der Waals surface area contributed by atoms with Crippen molar-refractivity contribution in [2.24, 2.45) is 0 Å². The van der Waals surface area contributed by atoms with Crippen LogP contribution in [-0.4, -0.2) is 23.0 Å². The molecule has 0 saturated heterocycles. The van der Waals surface area contributed by atoms with Gasteiger partial charge in [-0.05, 0) is 24.6 Å². The molecule has 0 unspecified atom stereocenters. The molecule has 8 nitrogen and oxygen atoms in total. The number of thiazole rings is 1. The van der Waals surface area contributed by atoms with Gasteiger partial charge in [0.25, 0.3) is 5.91 Å². The van der Waals surface area contributed by atoms with E-state index in [0.717, 1.165) is 33.8 Å². The topological polar surface area (TPSA) is 140 Å². The number of nitrogens with two attached hydrogens (primary N) is 2. The average Bonchev–Trinajstić information content (AvgIpc) is 3.48. The van der Waals surface area contributed by atoms with Crippen molar-refractivity contribution in [2.45, 2.75) is 6.92 Å². The number of aromatic nitrogens is 2. The molecule has 0 aliphatic carbocycles. The zero-order valence-corrected chi connectivity index (χ0v) is 21.0. The number of carbonyl (C=O) groups excluding carboxylic acids is 1. The first-order chi connectivity index (χ1) is 17.4. The Morgan fingerprint density at radius 3 is 2.61 bits per heavy atom. The Hall–Kier alpha value is -4.46. The largest absolute Gasteiger partial charge is 0.497 e. The lowest BCUT2D eigenvalue weighted by molar-refractivity contribution is 0.103. The first kappa shape index (κ1) is 23.3. The molecule has 0 radical (unpaired) electrons. The Kier molecular flexibility index (Phi) is 6.01. The Morgan fingerprint density at radius 1 is 1.11 bits per heavy atom.